The molecule has 1 aromatic heterocycles. The molecule has 1 amide bonds. The molecular weight excluding hydrogens is 306 g/mol. The van der Waals surface area contributed by atoms with E-state index in [-0.39, 0.29) is 22.8 Å². The number of nitrogens with zero attached hydrogens (tertiary/aromatic N) is 4. The molecule has 1 aromatic carbocycles. The second-order valence-electron chi connectivity index (χ2n) is 4.87. The first kappa shape index (κ1) is 16.1. The van der Waals surface area contributed by atoms with Gasteiger partial charge in [-0.25, -0.2) is 0 Å². The van der Waals surface area contributed by atoms with Gasteiger partial charge in [-0.2, -0.15) is 5.10 Å². The Hall–Kier alpha value is -3.30. The molecule has 0 saturated heterocycles. The van der Waals surface area contributed by atoms with Gasteiger partial charge in [-0.05, 0) is 25.5 Å². The number of nitro groups is 2. The van der Waals surface area contributed by atoms with Crippen LogP contribution in [0.1, 0.15) is 21.7 Å². The fraction of sp³-hybridized carbons (Fsp3) is 0.231. The van der Waals surface area contributed by atoms with Gasteiger partial charge in [-0.3, -0.25) is 29.7 Å². The number of carbonyl (C=O) groups excluding carboxylic acids is 1. The Bertz CT molecular complexity index is 826. The number of anilines is 1. The summed E-state index contributed by atoms with van der Waals surface area (Å²) in [7, 11) is 1.43. The smallest absolute Gasteiger partial charge is 0.320 e. The Morgan fingerprint density at radius 3 is 2.39 bits per heavy atom. The summed E-state index contributed by atoms with van der Waals surface area (Å²) in [5.41, 5.74) is 0.253. The summed E-state index contributed by atoms with van der Waals surface area (Å²) in [6.07, 6.45) is 0. The fourth-order valence-electron chi connectivity index (χ4n) is 2.20. The van der Waals surface area contributed by atoms with Crippen molar-refractivity contribution < 1.29 is 14.6 Å². The molecule has 2 rings (SSSR count). The Labute approximate surface area is 130 Å². The number of benzene rings is 1. The van der Waals surface area contributed by atoms with Crippen molar-refractivity contribution in [1.82, 2.24) is 9.78 Å². The summed E-state index contributed by atoms with van der Waals surface area (Å²) >= 11 is 0. The number of carbonyl (C=O) groups is 1. The van der Waals surface area contributed by atoms with Crippen LogP contribution in [0.15, 0.2) is 18.2 Å². The Morgan fingerprint density at radius 1 is 1.22 bits per heavy atom. The maximum Gasteiger partial charge on any atom is 0.322 e. The number of rotatable bonds is 4. The van der Waals surface area contributed by atoms with Crippen LogP contribution in [0.3, 0.4) is 0 Å². The van der Waals surface area contributed by atoms with Gasteiger partial charge in [0.15, 0.2) is 0 Å². The Kier molecular flexibility index (Phi) is 4.08. The molecule has 23 heavy (non-hydrogen) atoms. The molecule has 0 aliphatic carbocycles. The third kappa shape index (κ3) is 3.00. The van der Waals surface area contributed by atoms with Gasteiger partial charge in [0.2, 0.25) is 5.69 Å². The van der Waals surface area contributed by atoms with Crippen molar-refractivity contribution in [2.45, 2.75) is 13.8 Å². The van der Waals surface area contributed by atoms with Gasteiger partial charge in [0, 0.05) is 24.9 Å². The molecule has 0 aliphatic heterocycles. The number of hydrogen-bond donors (Lipinski definition) is 1. The molecule has 0 bridgehead atoms. The van der Waals surface area contributed by atoms with Gasteiger partial charge < -0.3 is 5.32 Å². The standard InChI is InChI=1S/C13H13N5O5/c1-7-6-9(17(20)21)4-5-10(7)14-13(19)12-11(18(22)23)8(2)15-16(12)3/h4-6H,1-3H3,(H,14,19). The lowest BCUT2D eigenvalue weighted by Crippen LogP contribution is -2.18. The average molecular weight is 319 g/mol. The van der Waals surface area contributed by atoms with Crippen molar-refractivity contribution in [3.63, 3.8) is 0 Å². The molecule has 0 unspecified atom stereocenters. The Balaban J connectivity index is 2.37. The highest BCUT2D eigenvalue weighted by atomic mass is 16.6. The second kappa shape index (κ2) is 5.83. The van der Waals surface area contributed by atoms with E-state index in [0.717, 1.165) is 4.68 Å². The molecule has 1 N–H and O–H groups in total. The normalized spacial score (nSPS) is 10.4. The van der Waals surface area contributed by atoms with Gasteiger partial charge in [0.05, 0.1) is 9.85 Å². The maximum absolute atomic E-state index is 12.3. The van der Waals surface area contributed by atoms with Crippen LogP contribution >= 0.6 is 0 Å². The molecule has 0 atom stereocenters. The predicted molar refractivity (Wildman–Crippen MR) is 80.4 cm³/mol. The third-order valence-corrected chi connectivity index (χ3v) is 3.26. The molecule has 2 aromatic rings. The van der Waals surface area contributed by atoms with E-state index in [9.17, 15) is 25.0 Å². The minimum atomic E-state index is -0.711. The molecule has 10 heteroatoms. The zero-order chi connectivity index (χ0) is 17.3. The highest BCUT2D eigenvalue weighted by Crippen LogP contribution is 2.25. The molecule has 0 fully saturated rings. The number of aryl methyl sites for hydroxylation is 3. The van der Waals surface area contributed by atoms with Crippen molar-refractivity contribution in [2.75, 3.05) is 5.32 Å². The Morgan fingerprint density at radius 2 is 1.87 bits per heavy atom. The van der Waals surface area contributed by atoms with Crippen molar-refractivity contribution in [3.05, 3.63) is 55.4 Å². The van der Waals surface area contributed by atoms with Crippen LogP contribution in [-0.4, -0.2) is 25.5 Å². The van der Waals surface area contributed by atoms with E-state index in [2.05, 4.69) is 10.4 Å². The molecular formula is C13H13N5O5. The number of hydrogen-bond acceptors (Lipinski definition) is 6. The molecule has 120 valence electrons. The molecule has 0 radical (unpaired) electrons. The van der Waals surface area contributed by atoms with Gasteiger partial charge in [-0.15, -0.1) is 0 Å². The lowest BCUT2D eigenvalue weighted by Gasteiger charge is -2.08. The van der Waals surface area contributed by atoms with Crippen molar-refractivity contribution in [3.8, 4) is 0 Å². The van der Waals surface area contributed by atoms with Crippen LogP contribution in [0.2, 0.25) is 0 Å². The van der Waals surface area contributed by atoms with Gasteiger partial charge in [-0.1, -0.05) is 0 Å². The average Bonchev–Trinajstić information content (AvgIpc) is 2.75. The lowest BCUT2D eigenvalue weighted by atomic mass is 10.1. The molecule has 0 aliphatic rings. The van der Waals surface area contributed by atoms with E-state index in [1.54, 1.807) is 6.92 Å². The van der Waals surface area contributed by atoms with E-state index < -0.39 is 15.8 Å². The number of nitro benzene ring substituents is 1. The largest absolute Gasteiger partial charge is 0.322 e. The van der Waals surface area contributed by atoms with Gasteiger partial charge in [0.25, 0.3) is 11.6 Å². The van der Waals surface area contributed by atoms with Crippen LogP contribution in [0.4, 0.5) is 17.1 Å². The summed E-state index contributed by atoms with van der Waals surface area (Å²) in [5.74, 6) is -0.711. The summed E-state index contributed by atoms with van der Waals surface area (Å²) < 4.78 is 1.13. The number of nitrogens with one attached hydrogen (secondary N) is 1. The summed E-state index contributed by atoms with van der Waals surface area (Å²) in [4.78, 5) is 32.9. The first-order valence-corrected chi connectivity index (χ1v) is 6.46. The van der Waals surface area contributed by atoms with Crippen LogP contribution in [0.5, 0.6) is 0 Å². The number of non-ortho nitro benzene ring substituents is 1. The molecule has 10 nitrogen and oxygen atoms in total. The van der Waals surface area contributed by atoms with Crippen molar-refractivity contribution in [2.24, 2.45) is 7.05 Å². The van der Waals surface area contributed by atoms with Crippen LogP contribution in [0.25, 0.3) is 0 Å². The van der Waals surface area contributed by atoms with Crippen LogP contribution < -0.4 is 5.32 Å². The molecule has 1 heterocycles. The summed E-state index contributed by atoms with van der Waals surface area (Å²) in [5, 5.41) is 28.2. The number of aromatic nitrogens is 2. The van der Waals surface area contributed by atoms with E-state index in [4.69, 9.17) is 0 Å². The summed E-state index contributed by atoms with van der Waals surface area (Å²) in [6, 6.07) is 3.92. The first-order chi connectivity index (χ1) is 10.7. The van der Waals surface area contributed by atoms with E-state index in [1.807, 2.05) is 0 Å². The maximum atomic E-state index is 12.3. The minimum Gasteiger partial charge on any atom is -0.320 e. The summed E-state index contributed by atoms with van der Waals surface area (Å²) in [6.45, 7) is 3.03. The van der Waals surface area contributed by atoms with E-state index in [0.29, 0.717) is 11.3 Å². The van der Waals surface area contributed by atoms with Crippen LogP contribution in [-0.2, 0) is 7.05 Å². The second-order valence-corrected chi connectivity index (χ2v) is 4.87. The zero-order valence-electron chi connectivity index (χ0n) is 12.6. The highest BCUT2D eigenvalue weighted by Gasteiger charge is 2.29. The van der Waals surface area contributed by atoms with Crippen molar-refractivity contribution >= 4 is 23.0 Å². The van der Waals surface area contributed by atoms with E-state index >= 15 is 0 Å². The SMILES string of the molecule is Cc1cc([N+](=O)[O-])ccc1NC(=O)c1c([N+](=O)[O-])c(C)nn1C. The number of amides is 1. The fourth-order valence-corrected chi connectivity index (χ4v) is 2.20. The van der Waals surface area contributed by atoms with Gasteiger partial charge >= 0.3 is 5.69 Å². The molecule has 0 saturated carbocycles. The lowest BCUT2D eigenvalue weighted by molar-refractivity contribution is -0.385. The highest BCUT2D eigenvalue weighted by molar-refractivity contribution is 6.06. The first-order valence-electron chi connectivity index (χ1n) is 6.46. The minimum absolute atomic E-state index is 0.108. The van der Waals surface area contributed by atoms with Gasteiger partial charge in [0.1, 0.15) is 5.69 Å². The molecule has 0 spiro atoms. The third-order valence-electron chi connectivity index (χ3n) is 3.26. The monoisotopic (exact) mass is 319 g/mol. The van der Waals surface area contributed by atoms with Crippen molar-refractivity contribution in [1.29, 1.82) is 0 Å². The van der Waals surface area contributed by atoms with Crippen LogP contribution in [0, 0.1) is 34.1 Å². The topological polar surface area (TPSA) is 133 Å². The predicted octanol–water partition coefficient (Wildman–Crippen LogP) is 2.11. The quantitative estimate of drug-likeness (QED) is 0.677. The van der Waals surface area contributed by atoms with E-state index in [1.165, 1.54) is 32.2 Å². The zero-order valence-corrected chi connectivity index (χ0v) is 12.6.